The number of morpholine rings is 1. The maximum absolute atomic E-state index is 11.5. The van der Waals surface area contributed by atoms with Gasteiger partial charge >= 0.3 is 5.97 Å². The topological polar surface area (TPSA) is 42.0 Å². The van der Waals surface area contributed by atoms with E-state index in [0.717, 1.165) is 25.6 Å². The van der Waals surface area contributed by atoms with Gasteiger partial charge in [-0.2, -0.15) is 0 Å². The van der Waals surface area contributed by atoms with Gasteiger partial charge < -0.3 is 14.4 Å². The molecule has 2 aliphatic rings. The average Bonchev–Trinajstić information content (AvgIpc) is 2.46. The van der Waals surface area contributed by atoms with Gasteiger partial charge in [-0.1, -0.05) is 6.92 Å². The van der Waals surface area contributed by atoms with Gasteiger partial charge in [-0.25, -0.2) is 4.79 Å². The van der Waals surface area contributed by atoms with E-state index < -0.39 is 6.10 Å². The van der Waals surface area contributed by atoms with Crippen molar-refractivity contribution in [3.8, 4) is 0 Å². The Hall–Kier alpha value is -0.650. The van der Waals surface area contributed by atoms with E-state index in [4.69, 9.17) is 9.47 Å². The van der Waals surface area contributed by atoms with E-state index in [2.05, 4.69) is 16.7 Å². The van der Waals surface area contributed by atoms with Gasteiger partial charge in [-0.05, 0) is 31.8 Å². The first-order chi connectivity index (χ1) is 9.19. The van der Waals surface area contributed by atoms with Gasteiger partial charge in [0.1, 0.15) is 0 Å². The number of nitrogens with zero attached hydrogens (tertiary/aromatic N) is 2. The highest BCUT2D eigenvalue weighted by Crippen LogP contribution is 2.16. The normalized spacial score (nSPS) is 27.4. The van der Waals surface area contributed by atoms with Gasteiger partial charge in [0.2, 0.25) is 0 Å². The Kier molecular flexibility index (Phi) is 5.60. The van der Waals surface area contributed by atoms with Crippen LogP contribution in [0.2, 0.25) is 0 Å². The minimum atomic E-state index is -0.403. The SMILES string of the molecule is COC(=O)[C@H]1CN(CCN2CCC(C)CC2)CCO1. The number of carbonyl (C=O) groups is 1. The summed E-state index contributed by atoms with van der Waals surface area (Å²) in [4.78, 5) is 16.3. The maximum Gasteiger partial charge on any atom is 0.336 e. The first kappa shape index (κ1) is 14.8. The van der Waals surface area contributed by atoms with Crippen molar-refractivity contribution in [3.63, 3.8) is 0 Å². The lowest BCUT2D eigenvalue weighted by atomic mass is 9.99. The van der Waals surface area contributed by atoms with Gasteiger partial charge in [0, 0.05) is 26.2 Å². The van der Waals surface area contributed by atoms with Gasteiger partial charge in [0.05, 0.1) is 13.7 Å². The lowest BCUT2D eigenvalue weighted by molar-refractivity contribution is -0.159. The van der Waals surface area contributed by atoms with E-state index in [0.29, 0.717) is 13.2 Å². The van der Waals surface area contributed by atoms with Crippen LogP contribution < -0.4 is 0 Å². The zero-order valence-corrected chi connectivity index (χ0v) is 12.1. The molecule has 5 heteroatoms. The fourth-order valence-corrected chi connectivity index (χ4v) is 2.75. The first-order valence-electron chi connectivity index (χ1n) is 7.33. The second kappa shape index (κ2) is 7.22. The smallest absolute Gasteiger partial charge is 0.336 e. The highest BCUT2D eigenvalue weighted by atomic mass is 16.6. The molecule has 0 radical (unpaired) electrons. The second-order valence-corrected chi connectivity index (χ2v) is 5.71. The number of piperidine rings is 1. The molecule has 2 fully saturated rings. The zero-order valence-electron chi connectivity index (χ0n) is 12.1. The Labute approximate surface area is 115 Å². The molecule has 0 aliphatic carbocycles. The van der Waals surface area contributed by atoms with Crippen LogP contribution in [0.15, 0.2) is 0 Å². The van der Waals surface area contributed by atoms with E-state index in [-0.39, 0.29) is 5.97 Å². The predicted octanol–water partition coefficient (Wildman–Crippen LogP) is 0.592. The predicted molar refractivity (Wildman–Crippen MR) is 73.0 cm³/mol. The highest BCUT2D eigenvalue weighted by molar-refractivity contribution is 5.74. The van der Waals surface area contributed by atoms with Crippen LogP contribution in [0.3, 0.4) is 0 Å². The number of hydrogen-bond donors (Lipinski definition) is 0. The van der Waals surface area contributed by atoms with Crippen molar-refractivity contribution in [2.45, 2.75) is 25.9 Å². The third kappa shape index (κ3) is 4.44. The molecular weight excluding hydrogens is 244 g/mol. The van der Waals surface area contributed by atoms with Crippen molar-refractivity contribution in [1.82, 2.24) is 9.80 Å². The zero-order chi connectivity index (χ0) is 13.7. The Morgan fingerprint density at radius 3 is 2.58 bits per heavy atom. The molecule has 0 aromatic carbocycles. The quantitative estimate of drug-likeness (QED) is 0.700. The summed E-state index contributed by atoms with van der Waals surface area (Å²) in [6.45, 7) is 9.08. The monoisotopic (exact) mass is 270 g/mol. The Morgan fingerprint density at radius 1 is 1.21 bits per heavy atom. The van der Waals surface area contributed by atoms with Crippen LogP contribution in [-0.2, 0) is 14.3 Å². The van der Waals surface area contributed by atoms with Crippen LogP contribution in [-0.4, -0.2) is 74.9 Å². The van der Waals surface area contributed by atoms with Crippen LogP contribution in [0.1, 0.15) is 19.8 Å². The molecule has 0 aromatic heterocycles. The second-order valence-electron chi connectivity index (χ2n) is 5.71. The molecule has 0 N–H and O–H groups in total. The standard InChI is InChI=1S/C14H26N2O3/c1-12-3-5-15(6-4-12)7-8-16-9-10-19-13(11-16)14(17)18-2/h12-13H,3-11H2,1-2H3/t13-/m1/s1. The molecule has 0 unspecified atom stereocenters. The summed E-state index contributed by atoms with van der Waals surface area (Å²) in [5.74, 6) is 0.625. The van der Waals surface area contributed by atoms with E-state index in [1.165, 1.54) is 33.0 Å². The van der Waals surface area contributed by atoms with Crippen molar-refractivity contribution in [1.29, 1.82) is 0 Å². The Bertz CT molecular complexity index is 290. The summed E-state index contributed by atoms with van der Waals surface area (Å²) in [7, 11) is 1.42. The highest BCUT2D eigenvalue weighted by Gasteiger charge is 2.27. The molecule has 5 nitrogen and oxygen atoms in total. The summed E-state index contributed by atoms with van der Waals surface area (Å²) in [6.07, 6.45) is 2.22. The minimum Gasteiger partial charge on any atom is -0.467 e. The van der Waals surface area contributed by atoms with Crippen molar-refractivity contribution < 1.29 is 14.3 Å². The number of hydrogen-bond acceptors (Lipinski definition) is 5. The molecule has 2 saturated heterocycles. The molecule has 0 bridgehead atoms. The number of esters is 1. The van der Waals surface area contributed by atoms with E-state index in [1.54, 1.807) is 0 Å². The average molecular weight is 270 g/mol. The van der Waals surface area contributed by atoms with E-state index >= 15 is 0 Å². The Morgan fingerprint density at radius 2 is 1.89 bits per heavy atom. The van der Waals surface area contributed by atoms with Crippen LogP contribution >= 0.6 is 0 Å². The van der Waals surface area contributed by atoms with Crippen molar-refractivity contribution in [2.24, 2.45) is 5.92 Å². The molecule has 2 heterocycles. The first-order valence-corrected chi connectivity index (χ1v) is 7.33. The number of ether oxygens (including phenoxy) is 2. The molecular formula is C14H26N2O3. The summed E-state index contributed by atoms with van der Waals surface area (Å²) in [6, 6.07) is 0. The molecule has 0 amide bonds. The van der Waals surface area contributed by atoms with Gasteiger partial charge in [0.15, 0.2) is 6.10 Å². The Balaban J connectivity index is 1.69. The summed E-state index contributed by atoms with van der Waals surface area (Å²) in [5, 5.41) is 0. The summed E-state index contributed by atoms with van der Waals surface area (Å²) < 4.78 is 10.2. The third-order valence-corrected chi connectivity index (χ3v) is 4.22. The largest absolute Gasteiger partial charge is 0.467 e. The summed E-state index contributed by atoms with van der Waals surface area (Å²) in [5.41, 5.74) is 0. The fourth-order valence-electron chi connectivity index (χ4n) is 2.75. The molecule has 0 spiro atoms. The fraction of sp³-hybridized carbons (Fsp3) is 0.929. The lowest BCUT2D eigenvalue weighted by Gasteiger charge is -2.35. The number of rotatable bonds is 4. The van der Waals surface area contributed by atoms with Gasteiger partial charge in [0.25, 0.3) is 0 Å². The molecule has 110 valence electrons. The molecule has 0 saturated carbocycles. The molecule has 2 rings (SSSR count). The van der Waals surface area contributed by atoms with Gasteiger partial charge in [-0.3, -0.25) is 4.90 Å². The number of carbonyl (C=O) groups excluding carboxylic acids is 1. The maximum atomic E-state index is 11.5. The third-order valence-electron chi connectivity index (χ3n) is 4.22. The van der Waals surface area contributed by atoms with Crippen molar-refractivity contribution in [2.75, 3.05) is 53.0 Å². The lowest BCUT2D eigenvalue weighted by Crippen LogP contribution is -2.49. The molecule has 19 heavy (non-hydrogen) atoms. The van der Waals surface area contributed by atoms with Crippen molar-refractivity contribution >= 4 is 5.97 Å². The molecule has 1 atom stereocenters. The van der Waals surface area contributed by atoms with Crippen LogP contribution in [0.4, 0.5) is 0 Å². The van der Waals surface area contributed by atoms with E-state index in [1.807, 2.05) is 0 Å². The van der Waals surface area contributed by atoms with Crippen LogP contribution in [0.5, 0.6) is 0 Å². The summed E-state index contributed by atoms with van der Waals surface area (Å²) >= 11 is 0. The van der Waals surface area contributed by atoms with Gasteiger partial charge in [-0.15, -0.1) is 0 Å². The molecule has 0 aromatic rings. The van der Waals surface area contributed by atoms with Crippen molar-refractivity contribution in [3.05, 3.63) is 0 Å². The molecule has 2 aliphatic heterocycles. The minimum absolute atomic E-state index is 0.253. The number of likely N-dealkylation sites (tertiary alicyclic amines) is 1. The number of methoxy groups -OCH3 is 1. The van der Waals surface area contributed by atoms with Crippen LogP contribution in [0.25, 0.3) is 0 Å². The van der Waals surface area contributed by atoms with Crippen LogP contribution in [0, 0.1) is 5.92 Å². The van der Waals surface area contributed by atoms with E-state index in [9.17, 15) is 4.79 Å².